The largest absolute Gasteiger partial charge is 0.452 e. The molecule has 0 unspecified atom stereocenters. The van der Waals surface area contributed by atoms with E-state index >= 15 is 0 Å². The van der Waals surface area contributed by atoms with Gasteiger partial charge in [0.25, 0.3) is 5.91 Å². The van der Waals surface area contributed by atoms with Gasteiger partial charge in [0.05, 0.1) is 17.9 Å². The van der Waals surface area contributed by atoms with E-state index in [1.165, 1.54) is 6.07 Å². The van der Waals surface area contributed by atoms with Gasteiger partial charge in [-0.15, -0.1) is 0 Å². The van der Waals surface area contributed by atoms with Crippen LogP contribution in [-0.2, 0) is 20.9 Å². The number of carbonyl (C=O) groups is 2. The van der Waals surface area contributed by atoms with Gasteiger partial charge in [-0.1, -0.05) is 24.3 Å². The van der Waals surface area contributed by atoms with Crippen LogP contribution in [0.3, 0.4) is 0 Å². The number of para-hydroxylation sites is 1. The summed E-state index contributed by atoms with van der Waals surface area (Å²) in [5.41, 5.74) is 1.77. The van der Waals surface area contributed by atoms with Crippen LogP contribution in [0.2, 0.25) is 0 Å². The highest BCUT2D eigenvalue weighted by Gasteiger charge is 2.23. The van der Waals surface area contributed by atoms with Gasteiger partial charge < -0.3 is 19.3 Å². The highest BCUT2D eigenvalue weighted by atomic mass is 19.1. The molecule has 1 aliphatic heterocycles. The van der Waals surface area contributed by atoms with Crippen LogP contribution in [0.1, 0.15) is 15.9 Å². The third-order valence-corrected chi connectivity index (χ3v) is 4.63. The average Bonchev–Trinajstić information content (AvgIpc) is 2.73. The molecule has 2 aromatic carbocycles. The van der Waals surface area contributed by atoms with Gasteiger partial charge in [-0.05, 0) is 29.8 Å². The van der Waals surface area contributed by atoms with Crippen molar-refractivity contribution in [3.8, 4) is 0 Å². The summed E-state index contributed by atoms with van der Waals surface area (Å²) in [5.74, 6) is -1.07. The van der Waals surface area contributed by atoms with Crippen LogP contribution >= 0.6 is 0 Å². The fourth-order valence-electron chi connectivity index (χ4n) is 3.16. The summed E-state index contributed by atoms with van der Waals surface area (Å²) < 4.78 is 24.1. The van der Waals surface area contributed by atoms with Crippen LogP contribution in [0.25, 0.3) is 0 Å². The first-order valence-corrected chi connectivity index (χ1v) is 9.10. The molecule has 0 saturated carbocycles. The minimum Gasteiger partial charge on any atom is -0.452 e. The summed E-state index contributed by atoms with van der Waals surface area (Å²) in [5, 5.41) is 0. The number of rotatable bonds is 6. The maximum atomic E-state index is 13.9. The summed E-state index contributed by atoms with van der Waals surface area (Å²) in [7, 11) is 1.58. The first-order valence-electron chi connectivity index (χ1n) is 9.10. The smallest absolute Gasteiger partial charge is 0.338 e. The Hall–Kier alpha value is -2.93. The Morgan fingerprint density at radius 3 is 2.50 bits per heavy atom. The van der Waals surface area contributed by atoms with Gasteiger partial charge in [-0.25, -0.2) is 9.18 Å². The lowest BCUT2D eigenvalue weighted by Gasteiger charge is -2.36. The maximum Gasteiger partial charge on any atom is 0.338 e. The molecule has 28 heavy (non-hydrogen) atoms. The molecule has 0 bridgehead atoms. The number of hydrogen-bond donors (Lipinski definition) is 0. The molecule has 0 aliphatic carbocycles. The van der Waals surface area contributed by atoms with E-state index in [9.17, 15) is 14.0 Å². The molecular formula is C21H23FN2O4. The molecule has 0 atom stereocenters. The number of anilines is 1. The molecule has 1 aliphatic rings. The van der Waals surface area contributed by atoms with E-state index in [-0.39, 0.29) is 18.3 Å². The van der Waals surface area contributed by atoms with Gasteiger partial charge in [0, 0.05) is 33.3 Å². The van der Waals surface area contributed by atoms with Crippen LogP contribution in [0.4, 0.5) is 10.1 Å². The topological polar surface area (TPSA) is 59.1 Å². The Bertz CT molecular complexity index is 835. The van der Waals surface area contributed by atoms with Crippen molar-refractivity contribution in [2.75, 3.05) is 44.8 Å². The highest BCUT2D eigenvalue weighted by Crippen LogP contribution is 2.20. The zero-order valence-corrected chi connectivity index (χ0v) is 15.8. The molecule has 0 spiro atoms. The fraction of sp³-hybridized carbons (Fsp3) is 0.333. The summed E-state index contributed by atoms with van der Waals surface area (Å²) in [6, 6.07) is 13.5. The molecule has 6 nitrogen and oxygen atoms in total. The SMILES string of the molecule is COCc1cccc(C(=O)OCC(=O)N2CCN(c3ccccc3F)CC2)c1. The van der Waals surface area contributed by atoms with Gasteiger partial charge in [0.2, 0.25) is 0 Å². The molecule has 1 heterocycles. The van der Waals surface area contributed by atoms with Gasteiger partial charge in [-0.2, -0.15) is 0 Å². The number of hydrogen-bond acceptors (Lipinski definition) is 5. The quantitative estimate of drug-likeness (QED) is 0.714. The first kappa shape index (κ1) is 19.8. The number of piperazine rings is 1. The van der Waals surface area contributed by atoms with Crippen LogP contribution in [-0.4, -0.2) is 56.7 Å². The van der Waals surface area contributed by atoms with Crippen molar-refractivity contribution >= 4 is 17.6 Å². The van der Waals surface area contributed by atoms with Gasteiger partial charge >= 0.3 is 5.97 Å². The van der Waals surface area contributed by atoms with Crippen molar-refractivity contribution in [3.05, 3.63) is 65.5 Å². The molecule has 0 radical (unpaired) electrons. The second kappa shape index (κ2) is 9.32. The lowest BCUT2D eigenvalue weighted by Crippen LogP contribution is -2.50. The minimum atomic E-state index is -0.545. The monoisotopic (exact) mass is 386 g/mol. The van der Waals surface area contributed by atoms with E-state index in [0.29, 0.717) is 44.0 Å². The van der Waals surface area contributed by atoms with Crippen LogP contribution in [0.5, 0.6) is 0 Å². The summed E-state index contributed by atoms with van der Waals surface area (Å²) in [4.78, 5) is 28.1. The number of methoxy groups -OCH3 is 1. The molecule has 3 rings (SSSR count). The average molecular weight is 386 g/mol. The molecule has 1 amide bonds. The highest BCUT2D eigenvalue weighted by molar-refractivity contribution is 5.91. The Labute approximate surface area is 163 Å². The molecular weight excluding hydrogens is 363 g/mol. The fourth-order valence-corrected chi connectivity index (χ4v) is 3.16. The van der Waals surface area contributed by atoms with E-state index in [1.54, 1.807) is 48.4 Å². The van der Waals surface area contributed by atoms with Gasteiger partial charge in [0.15, 0.2) is 6.61 Å². The number of amides is 1. The van der Waals surface area contributed by atoms with Crippen LogP contribution < -0.4 is 4.90 Å². The molecule has 7 heteroatoms. The summed E-state index contributed by atoms with van der Waals surface area (Å²) >= 11 is 0. The predicted octanol–water partition coefficient (Wildman–Crippen LogP) is 2.48. The lowest BCUT2D eigenvalue weighted by atomic mass is 10.1. The number of ether oxygens (including phenoxy) is 2. The Balaban J connectivity index is 1.49. The van der Waals surface area contributed by atoms with E-state index in [1.807, 2.05) is 11.0 Å². The second-order valence-electron chi connectivity index (χ2n) is 6.53. The van der Waals surface area contributed by atoms with E-state index < -0.39 is 5.97 Å². The molecule has 1 saturated heterocycles. The number of nitrogens with zero attached hydrogens (tertiary/aromatic N) is 2. The van der Waals surface area contributed by atoms with Crippen molar-refractivity contribution in [2.24, 2.45) is 0 Å². The van der Waals surface area contributed by atoms with Crippen LogP contribution in [0.15, 0.2) is 48.5 Å². The Kier molecular flexibility index (Phi) is 6.60. The van der Waals surface area contributed by atoms with Crippen molar-refractivity contribution in [2.45, 2.75) is 6.61 Å². The van der Waals surface area contributed by atoms with E-state index in [0.717, 1.165) is 5.56 Å². The summed E-state index contributed by atoms with van der Waals surface area (Å²) in [6.07, 6.45) is 0. The Morgan fingerprint density at radius 2 is 1.79 bits per heavy atom. The number of benzene rings is 2. The van der Waals surface area contributed by atoms with Crippen molar-refractivity contribution in [1.29, 1.82) is 0 Å². The van der Waals surface area contributed by atoms with Crippen molar-refractivity contribution in [3.63, 3.8) is 0 Å². The van der Waals surface area contributed by atoms with Gasteiger partial charge in [0.1, 0.15) is 5.82 Å². The van der Waals surface area contributed by atoms with E-state index in [4.69, 9.17) is 9.47 Å². The molecule has 0 aromatic heterocycles. The van der Waals surface area contributed by atoms with Gasteiger partial charge in [-0.3, -0.25) is 4.79 Å². The minimum absolute atomic E-state index is 0.255. The third kappa shape index (κ3) is 4.86. The van der Waals surface area contributed by atoms with E-state index in [2.05, 4.69) is 0 Å². The third-order valence-electron chi connectivity index (χ3n) is 4.63. The number of halogens is 1. The molecule has 148 valence electrons. The lowest BCUT2D eigenvalue weighted by molar-refractivity contribution is -0.134. The number of esters is 1. The molecule has 2 aromatic rings. The zero-order chi connectivity index (χ0) is 19.9. The second-order valence-corrected chi connectivity index (χ2v) is 6.53. The standard InChI is InChI=1S/C21H23FN2O4/c1-27-14-16-5-4-6-17(13-16)21(26)28-15-20(25)24-11-9-23(10-12-24)19-8-3-2-7-18(19)22/h2-8,13H,9-12,14-15H2,1H3. The zero-order valence-electron chi connectivity index (χ0n) is 15.8. The molecule has 0 N–H and O–H groups in total. The van der Waals surface area contributed by atoms with Crippen molar-refractivity contribution in [1.82, 2.24) is 4.90 Å². The van der Waals surface area contributed by atoms with Crippen LogP contribution in [0, 0.1) is 5.82 Å². The molecule has 1 fully saturated rings. The Morgan fingerprint density at radius 1 is 1.04 bits per heavy atom. The number of carbonyl (C=O) groups excluding carboxylic acids is 2. The maximum absolute atomic E-state index is 13.9. The van der Waals surface area contributed by atoms with Crippen molar-refractivity contribution < 1.29 is 23.5 Å². The first-order chi connectivity index (χ1) is 13.6. The summed E-state index contributed by atoms with van der Waals surface area (Å²) in [6.45, 7) is 2.04. The predicted molar refractivity (Wildman–Crippen MR) is 103 cm³/mol. The normalized spacial score (nSPS) is 14.1.